The largest absolute Gasteiger partial charge is 0.493 e. The van der Waals surface area contributed by atoms with E-state index in [2.05, 4.69) is 5.32 Å². The maximum absolute atomic E-state index is 14.1. The summed E-state index contributed by atoms with van der Waals surface area (Å²) in [6, 6.07) is 2.77. The van der Waals surface area contributed by atoms with Gasteiger partial charge in [0.05, 0.1) is 19.8 Å². The van der Waals surface area contributed by atoms with Gasteiger partial charge in [-0.15, -0.1) is 0 Å². The third-order valence-corrected chi connectivity index (χ3v) is 3.36. The molecule has 1 N–H and O–H groups in total. The van der Waals surface area contributed by atoms with E-state index in [-0.39, 0.29) is 23.3 Å². The first-order chi connectivity index (χ1) is 9.56. The summed E-state index contributed by atoms with van der Waals surface area (Å²) >= 11 is 0. The van der Waals surface area contributed by atoms with E-state index in [1.807, 2.05) is 6.92 Å². The van der Waals surface area contributed by atoms with E-state index in [9.17, 15) is 9.18 Å². The van der Waals surface area contributed by atoms with Crippen LogP contribution >= 0.6 is 0 Å². The van der Waals surface area contributed by atoms with Crippen molar-refractivity contribution in [2.75, 3.05) is 33.9 Å². The van der Waals surface area contributed by atoms with Crippen LogP contribution in [0.5, 0.6) is 11.5 Å². The molecule has 2 rings (SSSR count). The van der Waals surface area contributed by atoms with Gasteiger partial charge in [0.1, 0.15) is 5.82 Å². The fraction of sp³-hybridized carbons (Fsp3) is 0.500. The maximum Gasteiger partial charge on any atom is 0.257 e. The fourth-order valence-corrected chi connectivity index (χ4v) is 2.31. The number of benzene rings is 1. The Bertz CT molecular complexity index is 507. The topological polar surface area (TPSA) is 50.8 Å². The Morgan fingerprint density at radius 3 is 2.60 bits per heavy atom. The van der Waals surface area contributed by atoms with Crippen LogP contribution in [0.25, 0.3) is 0 Å². The van der Waals surface area contributed by atoms with Crippen LogP contribution in [-0.2, 0) is 0 Å². The molecule has 0 radical (unpaired) electrons. The Labute approximate surface area is 117 Å². The molecule has 1 aliphatic heterocycles. The van der Waals surface area contributed by atoms with E-state index in [1.54, 1.807) is 4.90 Å². The van der Waals surface area contributed by atoms with Crippen molar-refractivity contribution in [1.82, 2.24) is 10.2 Å². The van der Waals surface area contributed by atoms with Crippen LogP contribution in [0.2, 0.25) is 0 Å². The molecule has 1 atom stereocenters. The van der Waals surface area contributed by atoms with Gasteiger partial charge >= 0.3 is 0 Å². The highest BCUT2D eigenvalue weighted by atomic mass is 19.1. The van der Waals surface area contributed by atoms with Crippen LogP contribution in [0.1, 0.15) is 17.3 Å². The first kappa shape index (κ1) is 14.6. The zero-order chi connectivity index (χ0) is 14.7. The van der Waals surface area contributed by atoms with E-state index in [4.69, 9.17) is 9.47 Å². The summed E-state index contributed by atoms with van der Waals surface area (Å²) < 4.78 is 24.2. The lowest BCUT2D eigenvalue weighted by molar-refractivity contribution is 0.0704. The second kappa shape index (κ2) is 6.09. The third-order valence-electron chi connectivity index (χ3n) is 3.36. The third kappa shape index (κ3) is 2.85. The molecule has 1 aliphatic rings. The smallest absolute Gasteiger partial charge is 0.257 e. The summed E-state index contributed by atoms with van der Waals surface area (Å²) in [7, 11) is 2.88. The number of halogens is 1. The lowest BCUT2D eigenvalue weighted by atomic mass is 10.1. The number of hydrogen-bond acceptors (Lipinski definition) is 4. The van der Waals surface area contributed by atoms with E-state index < -0.39 is 5.82 Å². The molecule has 6 heteroatoms. The van der Waals surface area contributed by atoms with Crippen molar-refractivity contribution in [3.63, 3.8) is 0 Å². The molecule has 5 nitrogen and oxygen atoms in total. The SMILES string of the molecule is COc1cc(F)c(C(=O)N2CCN[C@@H](C)C2)cc1OC. The van der Waals surface area contributed by atoms with Gasteiger partial charge in [-0.05, 0) is 13.0 Å². The monoisotopic (exact) mass is 282 g/mol. The molecule has 110 valence electrons. The highest BCUT2D eigenvalue weighted by molar-refractivity contribution is 5.95. The van der Waals surface area contributed by atoms with Gasteiger partial charge in [-0.1, -0.05) is 0 Å². The lowest BCUT2D eigenvalue weighted by Crippen LogP contribution is -2.51. The minimum absolute atomic E-state index is 0.0109. The molecule has 1 aromatic rings. The van der Waals surface area contributed by atoms with E-state index in [0.717, 1.165) is 0 Å². The number of ether oxygens (including phenoxy) is 2. The Morgan fingerprint density at radius 2 is 2.00 bits per heavy atom. The van der Waals surface area contributed by atoms with Gasteiger partial charge in [-0.2, -0.15) is 0 Å². The molecule has 0 unspecified atom stereocenters. The quantitative estimate of drug-likeness (QED) is 0.907. The van der Waals surface area contributed by atoms with E-state index in [1.165, 1.54) is 26.4 Å². The maximum atomic E-state index is 14.1. The van der Waals surface area contributed by atoms with Gasteiger partial charge in [0.25, 0.3) is 5.91 Å². The molecule has 0 aliphatic carbocycles. The number of carbonyl (C=O) groups is 1. The number of amides is 1. The molecule has 1 saturated heterocycles. The molecule has 1 heterocycles. The molecule has 0 saturated carbocycles. The van der Waals surface area contributed by atoms with Crippen molar-refractivity contribution in [2.45, 2.75) is 13.0 Å². The Kier molecular flexibility index (Phi) is 4.44. The van der Waals surface area contributed by atoms with Gasteiger partial charge < -0.3 is 19.7 Å². The zero-order valence-electron chi connectivity index (χ0n) is 11.9. The van der Waals surface area contributed by atoms with Crippen LogP contribution in [-0.4, -0.2) is 50.7 Å². The van der Waals surface area contributed by atoms with Gasteiger partial charge in [-0.25, -0.2) is 4.39 Å². The van der Waals surface area contributed by atoms with Gasteiger partial charge in [0, 0.05) is 31.7 Å². The van der Waals surface area contributed by atoms with Crippen LogP contribution in [0.15, 0.2) is 12.1 Å². The van der Waals surface area contributed by atoms with E-state index in [0.29, 0.717) is 25.4 Å². The highest BCUT2D eigenvalue weighted by Gasteiger charge is 2.25. The molecule has 20 heavy (non-hydrogen) atoms. The van der Waals surface area contributed by atoms with Crippen molar-refractivity contribution in [1.29, 1.82) is 0 Å². The fourth-order valence-electron chi connectivity index (χ4n) is 2.31. The average Bonchev–Trinajstić information content (AvgIpc) is 2.46. The van der Waals surface area contributed by atoms with Crippen molar-refractivity contribution in [2.24, 2.45) is 0 Å². The molecule has 1 amide bonds. The highest BCUT2D eigenvalue weighted by Crippen LogP contribution is 2.30. The number of nitrogens with one attached hydrogen (secondary N) is 1. The number of rotatable bonds is 3. The number of methoxy groups -OCH3 is 2. The molecule has 1 fully saturated rings. The number of carbonyl (C=O) groups excluding carboxylic acids is 1. The van der Waals surface area contributed by atoms with Crippen LogP contribution in [0, 0.1) is 5.82 Å². The molecule has 0 spiro atoms. The summed E-state index contributed by atoms with van der Waals surface area (Å²) in [5.41, 5.74) is 0.0109. The van der Waals surface area contributed by atoms with Crippen molar-refractivity contribution >= 4 is 5.91 Å². The second-order valence-corrected chi connectivity index (χ2v) is 4.79. The summed E-state index contributed by atoms with van der Waals surface area (Å²) in [6.07, 6.45) is 0. The standard InChI is InChI=1S/C14H19FN2O3/c1-9-8-17(5-4-16-9)14(18)10-6-12(19-2)13(20-3)7-11(10)15/h6-7,9,16H,4-5,8H2,1-3H3/t9-/m0/s1. The predicted octanol–water partition coefficient (Wildman–Crippen LogP) is 1.28. The molecule has 1 aromatic carbocycles. The normalized spacial score (nSPS) is 18.8. The summed E-state index contributed by atoms with van der Waals surface area (Å²) in [4.78, 5) is 14.0. The predicted molar refractivity (Wildman–Crippen MR) is 72.9 cm³/mol. The summed E-state index contributed by atoms with van der Waals surface area (Å²) in [5, 5.41) is 3.24. The summed E-state index contributed by atoms with van der Waals surface area (Å²) in [6.45, 7) is 3.83. The van der Waals surface area contributed by atoms with Crippen molar-refractivity contribution < 1.29 is 18.7 Å². The van der Waals surface area contributed by atoms with Gasteiger partial charge in [0.2, 0.25) is 0 Å². The summed E-state index contributed by atoms with van der Waals surface area (Å²) in [5.74, 6) is -0.300. The second-order valence-electron chi connectivity index (χ2n) is 4.79. The van der Waals surface area contributed by atoms with Crippen LogP contribution in [0.3, 0.4) is 0 Å². The number of hydrogen-bond donors (Lipinski definition) is 1. The average molecular weight is 282 g/mol. The Hall–Kier alpha value is -1.82. The Balaban J connectivity index is 2.29. The minimum Gasteiger partial charge on any atom is -0.493 e. The van der Waals surface area contributed by atoms with Crippen LogP contribution in [0.4, 0.5) is 4.39 Å². The number of piperazine rings is 1. The van der Waals surface area contributed by atoms with Gasteiger partial charge in [0.15, 0.2) is 11.5 Å². The first-order valence-corrected chi connectivity index (χ1v) is 6.51. The van der Waals surface area contributed by atoms with Crippen molar-refractivity contribution in [3.8, 4) is 11.5 Å². The molecule has 0 aromatic heterocycles. The zero-order valence-corrected chi connectivity index (χ0v) is 11.9. The Morgan fingerprint density at radius 1 is 1.35 bits per heavy atom. The van der Waals surface area contributed by atoms with Gasteiger partial charge in [-0.3, -0.25) is 4.79 Å². The first-order valence-electron chi connectivity index (χ1n) is 6.51. The molecule has 0 bridgehead atoms. The lowest BCUT2D eigenvalue weighted by Gasteiger charge is -2.32. The van der Waals surface area contributed by atoms with E-state index >= 15 is 0 Å². The minimum atomic E-state index is -0.598. The number of nitrogens with zero attached hydrogens (tertiary/aromatic N) is 1. The molecular weight excluding hydrogens is 263 g/mol. The van der Waals surface area contributed by atoms with Crippen molar-refractivity contribution in [3.05, 3.63) is 23.5 Å². The van der Waals surface area contributed by atoms with Crippen LogP contribution < -0.4 is 14.8 Å². The molecular formula is C14H19FN2O3.